The highest BCUT2D eigenvalue weighted by Gasteiger charge is 2.28. The standard InChI is InChI=1S/C14H20ClNO2/c1-10-6-13(8-14(17)18-10)16(2)9-11-4-3-5-12(15)7-11/h3-5,7,10,13-14,17H,6,8-9H2,1-2H3. The van der Waals surface area contributed by atoms with E-state index in [2.05, 4.69) is 18.0 Å². The van der Waals surface area contributed by atoms with Crippen LogP contribution in [0.25, 0.3) is 0 Å². The number of hydrogen-bond donors (Lipinski definition) is 1. The van der Waals surface area contributed by atoms with E-state index in [1.54, 1.807) is 0 Å². The van der Waals surface area contributed by atoms with Gasteiger partial charge in [0.1, 0.15) is 0 Å². The van der Waals surface area contributed by atoms with Gasteiger partial charge in [0.2, 0.25) is 0 Å². The maximum absolute atomic E-state index is 9.64. The molecule has 3 nitrogen and oxygen atoms in total. The highest BCUT2D eigenvalue weighted by Crippen LogP contribution is 2.23. The van der Waals surface area contributed by atoms with E-state index in [1.807, 2.05) is 25.1 Å². The van der Waals surface area contributed by atoms with Gasteiger partial charge >= 0.3 is 0 Å². The number of halogens is 1. The maximum atomic E-state index is 9.64. The molecule has 1 aromatic rings. The van der Waals surface area contributed by atoms with Gasteiger partial charge in [-0.2, -0.15) is 0 Å². The lowest BCUT2D eigenvalue weighted by atomic mass is 10.0. The van der Waals surface area contributed by atoms with Crippen LogP contribution in [0.2, 0.25) is 5.02 Å². The molecule has 2 rings (SSSR count). The van der Waals surface area contributed by atoms with Crippen molar-refractivity contribution < 1.29 is 9.84 Å². The predicted molar refractivity (Wildman–Crippen MR) is 72.5 cm³/mol. The van der Waals surface area contributed by atoms with Gasteiger partial charge in [-0.3, -0.25) is 4.90 Å². The van der Waals surface area contributed by atoms with Crippen LogP contribution in [-0.2, 0) is 11.3 Å². The van der Waals surface area contributed by atoms with Crippen molar-refractivity contribution in [1.82, 2.24) is 4.90 Å². The van der Waals surface area contributed by atoms with Gasteiger partial charge in [-0.15, -0.1) is 0 Å². The van der Waals surface area contributed by atoms with Crippen LogP contribution in [-0.4, -0.2) is 35.5 Å². The largest absolute Gasteiger partial charge is 0.368 e. The van der Waals surface area contributed by atoms with Crippen LogP contribution in [0.3, 0.4) is 0 Å². The number of aliphatic hydroxyl groups excluding tert-OH is 1. The van der Waals surface area contributed by atoms with E-state index in [0.717, 1.165) is 18.0 Å². The molecule has 100 valence electrons. The van der Waals surface area contributed by atoms with E-state index < -0.39 is 6.29 Å². The summed E-state index contributed by atoms with van der Waals surface area (Å²) in [6.45, 7) is 2.84. The van der Waals surface area contributed by atoms with Crippen LogP contribution in [0.5, 0.6) is 0 Å². The summed E-state index contributed by atoms with van der Waals surface area (Å²) in [5.74, 6) is 0. The van der Waals surface area contributed by atoms with Gasteiger partial charge in [0.15, 0.2) is 6.29 Å². The zero-order chi connectivity index (χ0) is 13.1. The lowest BCUT2D eigenvalue weighted by molar-refractivity contribution is -0.174. The van der Waals surface area contributed by atoms with E-state index >= 15 is 0 Å². The van der Waals surface area contributed by atoms with Crippen molar-refractivity contribution in [3.05, 3.63) is 34.9 Å². The minimum atomic E-state index is -0.638. The van der Waals surface area contributed by atoms with Crippen molar-refractivity contribution >= 4 is 11.6 Å². The van der Waals surface area contributed by atoms with E-state index in [-0.39, 0.29) is 6.10 Å². The van der Waals surface area contributed by atoms with E-state index in [4.69, 9.17) is 16.3 Å². The normalized spacial score (nSPS) is 28.6. The van der Waals surface area contributed by atoms with Gasteiger partial charge in [-0.25, -0.2) is 0 Å². The number of rotatable bonds is 3. The van der Waals surface area contributed by atoms with Crippen LogP contribution < -0.4 is 0 Å². The first-order valence-electron chi connectivity index (χ1n) is 6.33. The Bertz CT molecular complexity index is 389. The third-order valence-electron chi connectivity index (χ3n) is 3.41. The Morgan fingerprint density at radius 2 is 2.22 bits per heavy atom. The summed E-state index contributed by atoms with van der Waals surface area (Å²) in [5, 5.41) is 10.4. The second kappa shape index (κ2) is 6.02. The zero-order valence-corrected chi connectivity index (χ0v) is 11.6. The molecule has 0 saturated carbocycles. The van der Waals surface area contributed by atoms with E-state index in [9.17, 15) is 5.11 Å². The summed E-state index contributed by atoms with van der Waals surface area (Å²) in [4.78, 5) is 2.26. The molecule has 0 amide bonds. The molecule has 0 bridgehead atoms. The third kappa shape index (κ3) is 3.69. The van der Waals surface area contributed by atoms with Crippen LogP contribution in [0.4, 0.5) is 0 Å². The van der Waals surface area contributed by atoms with Crippen molar-refractivity contribution in [2.75, 3.05) is 7.05 Å². The molecule has 1 aliphatic heterocycles. The van der Waals surface area contributed by atoms with Gasteiger partial charge in [0.25, 0.3) is 0 Å². The molecule has 3 unspecified atom stereocenters. The number of aliphatic hydroxyl groups is 1. The van der Waals surface area contributed by atoms with Crippen LogP contribution in [0.1, 0.15) is 25.3 Å². The van der Waals surface area contributed by atoms with Crippen molar-refractivity contribution in [2.24, 2.45) is 0 Å². The molecule has 1 saturated heterocycles. The van der Waals surface area contributed by atoms with Crippen LogP contribution in [0.15, 0.2) is 24.3 Å². The van der Waals surface area contributed by atoms with E-state index in [1.165, 1.54) is 5.56 Å². The summed E-state index contributed by atoms with van der Waals surface area (Å²) in [7, 11) is 2.08. The second-order valence-electron chi connectivity index (χ2n) is 5.07. The molecule has 3 atom stereocenters. The first kappa shape index (κ1) is 13.8. The topological polar surface area (TPSA) is 32.7 Å². The second-order valence-corrected chi connectivity index (χ2v) is 5.51. The summed E-state index contributed by atoms with van der Waals surface area (Å²) < 4.78 is 5.34. The predicted octanol–water partition coefficient (Wildman–Crippen LogP) is 2.66. The quantitative estimate of drug-likeness (QED) is 0.916. The Labute approximate surface area is 113 Å². The Morgan fingerprint density at radius 3 is 2.89 bits per heavy atom. The first-order chi connectivity index (χ1) is 8.54. The molecule has 18 heavy (non-hydrogen) atoms. The molecule has 1 aromatic carbocycles. The number of hydrogen-bond acceptors (Lipinski definition) is 3. The Hall–Kier alpha value is -0.610. The molecule has 0 aliphatic carbocycles. The minimum absolute atomic E-state index is 0.112. The van der Waals surface area contributed by atoms with Gasteiger partial charge in [-0.05, 0) is 38.1 Å². The fourth-order valence-electron chi connectivity index (χ4n) is 2.50. The highest BCUT2D eigenvalue weighted by atomic mass is 35.5. The van der Waals surface area contributed by atoms with Gasteiger partial charge in [-0.1, -0.05) is 23.7 Å². The Morgan fingerprint density at radius 1 is 1.44 bits per heavy atom. The lowest BCUT2D eigenvalue weighted by Gasteiger charge is -2.36. The summed E-state index contributed by atoms with van der Waals surface area (Å²) >= 11 is 5.98. The average molecular weight is 270 g/mol. The van der Waals surface area contributed by atoms with Crippen molar-refractivity contribution in [3.8, 4) is 0 Å². The van der Waals surface area contributed by atoms with Gasteiger partial charge in [0, 0.05) is 24.0 Å². The minimum Gasteiger partial charge on any atom is -0.368 e. The average Bonchev–Trinajstić information content (AvgIpc) is 2.27. The summed E-state index contributed by atoms with van der Waals surface area (Å²) in [5.41, 5.74) is 1.19. The monoisotopic (exact) mass is 269 g/mol. The molecule has 1 aliphatic rings. The van der Waals surface area contributed by atoms with Crippen molar-refractivity contribution in [2.45, 2.75) is 44.7 Å². The Kier molecular flexibility index (Phi) is 4.62. The molecular weight excluding hydrogens is 250 g/mol. The van der Waals surface area contributed by atoms with Gasteiger partial charge < -0.3 is 9.84 Å². The molecule has 0 spiro atoms. The summed E-state index contributed by atoms with van der Waals surface area (Å²) in [6, 6.07) is 8.25. The number of ether oxygens (including phenoxy) is 1. The highest BCUT2D eigenvalue weighted by molar-refractivity contribution is 6.30. The van der Waals surface area contributed by atoms with Crippen LogP contribution >= 0.6 is 11.6 Å². The van der Waals surface area contributed by atoms with Crippen molar-refractivity contribution in [3.63, 3.8) is 0 Å². The zero-order valence-electron chi connectivity index (χ0n) is 10.8. The SMILES string of the molecule is CC1CC(N(C)Cc2cccc(Cl)c2)CC(O)O1. The smallest absolute Gasteiger partial charge is 0.156 e. The fourth-order valence-corrected chi connectivity index (χ4v) is 2.72. The Balaban J connectivity index is 1.97. The van der Waals surface area contributed by atoms with Crippen LogP contribution in [0, 0.1) is 0 Å². The third-order valence-corrected chi connectivity index (χ3v) is 3.65. The molecule has 0 radical (unpaired) electrons. The molecule has 1 fully saturated rings. The van der Waals surface area contributed by atoms with Crippen molar-refractivity contribution in [1.29, 1.82) is 0 Å². The molecule has 4 heteroatoms. The fraction of sp³-hybridized carbons (Fsp3) is 0.571. The molecule has 1 heterocycles. The van der Waals surface area contributed by atoms with E-state index in [0.29, 0.717) is 12.5 Å². The number of nitrogens with zero attached hydrogens (tertiary/aromatic N) is 1. The maximum Gasteiger partial charge on any atom is 0.156 e. The number of benzene rings is 1. The van der Waals surface area contributed by atoms with Gasteiger partial charge in [0.05, 0.1) is 6.10 Å². The molecular formula is C14H20ClNO2. The lowest BCUT2D eigenvalue weighted by Crippen LogP contribution is -2.42. The first-order valence-corrected chi connectivity index (χ1v) is 6.70. The molecule has 0 aromatic heterocycles. The summed E-state index contributed by atoms with van der Waals surface area (Å²) in [6.07, 6.45) is 1.09. The molecule has 1 N–H and O–H groups in total.